The molecule has 0 atom stereocenters. The molecule has 0 radical (unpaired) electrons. The largest absolute Gasteiger partial charge is 0.355 e. The average molecular weight is 360 g/mol. The molecular formula is C22H24N4O. The highest BCUT2D eigenvalue weighted by atomic mass is 16.2. The van der Waals surface area contributed by atoms with Gasteiger partial charge in [-0.25, -0.2) is 0 Å². The number of fused-ring (bicyclic) bond motifs is 1. The standard InChI is InChI=1S/C22H24N4O/c1-2-23-21(27)15-26-13-12-20-19(14-26)22(25-24-20)18-10-8-17(9-11-18)16-6-4-3-5-7-16/h3-11H,2,12-15H2,1H3,(H,23,27)(H,24,25). The van der Waals surface area contributed by atoms with Crippen LogP contribution in [0.2, 0.25) is 0 Å². The van der Waals surface area contributed by atoms with E-state index >= 15 is 0 Å². The Morgan fingerprint density at radius 2 is 1.78 bits per heavy atom. The van der Waals surface area contributed by atoms with Crippen LogP contribution in [-0.4, -0.2) is 40.6 Å². The monoisotopic (exact) mass is 360 g/mol. The molecule has 27 heavy (non-hydrogen) atoms. The Kier molecular flexibility index (Phi) is 5.03. The van der Waals surface area contributed by atoms with Gasteiger partial charge in [-0.05, 0) is 18.1 Å². The lowest BCUT2D eigenvalue weighted by atomic mass is 9.98. The summed E-state index contributed by atoms with van der Waals surface area (Å²) in [5.41, 5.74) is 6.89. The third-order valence-electron chi connectivity index (χ3n) is 5.02. The van der Waals surface area contributed by atoms with Gasteiger partial charge in [0.05, 0.1) is 12.2 Å². The van der Waals surface area contributed by atoms with Crippen molar-refractivity contribution in [3.63, 3.8) is 0 Å². The molecular weight excluding hydrogens is 336 g/mol. The number of nitrogens with one attached hydrogen (secondary N) is 2. The number of hydrogen-bond acceptors (Lipinski definition) is 3. The van der Waals surface area contributed by atoms with E-state index in [4.69, 9.17) is 0 Å². The zero-order valence-electron chi connectivity index (χ0n) is 15.5. The van der Waals surface area contributed by atoms with Crippen molar-refractivity contribution in [3.8, 4) is 22.4 Å². The van der Waals surface area contributed by atoms with Gasteiger partial charge in [-0.15, -0.1) is 0 Å². The first-order valence-corrected chi connectivity index (χ1v) is 9.45. The Morgan fingerprint density at radius 3 is 2.52 bits per heavy atom. The number of carbonyl (C=O) groups excluding carboxylic acids is 1. The summed E-state index contributed by atoms with van der Waals surface area (Å²) < 4.78 is 0. The minimum Gasteiger partial charge on any atom is -0.355 e. The van der Waals surface area contributed by atoms with Gasteiger partial charge >= 0.3 is 0 Å². The van der Waals surface area contributed by atoms with Gasteiger partial charge in [0.1, 0.15) is 0 Å². The number of aromatic amines is 1. The summed E-state index contributed by atoms with van der Waals surface area (Å²) in [4.78, 5) is 14.1. The number of rotatable bonds is 5. The fourth-order valence-corrected chi connectivity index (χ4v) is 3.63. The van der Waals surface area contributed by atoms with Crippen LogP contribution in [0.1, 0.15) is 18.2 Å². The Labute approximate surface area is 159 Å². The second-order valence-corrected chi connectivity index (χ2v) is 6.89. The molecule has 2 N–H and O–H groups in total. The van der Waals surface area contributed by atoms with Crippen molar-refractivity contribution in [1.82, 2.24) is 20.4 Å². The van der Waals surface area contributed by atoms with E-state index in [2.05, 4.69) is 68.9 Å². The van der Waals surface area contributed by atoms with Crippen LogP contribution < -0.4 is 5.32 Å². The number of carbonyl (C=O) groups is 1. The van der Waals surface area contributed by atoms with E-state index in [1.807, 2.05) is 13.0 Å². The quantitative estimate of drug-likeness (QED) is 0.734. The fourth-order valence-electron chi connectivity index (χ4n) is 3.63. The first-order chi connectivity index (χ1) is 13.2. The molecule has 0 saturated carbocycles. The van der Waals surface area contributed by atoms with E-state index in [-0.39, 0.29) is 5.91 Å². The van der Waals surface area contributed by atoms with Crippen molar-refractivity contribution in [2.24, 2.45) is 0 Å². The second kappa shape index (κ2) is 7.76. The molecule has 5 heteroatoms. The molecule has 0 fully saturated rings. The Bertz CT molecular complexity index is 915. The van der Waals surface area contributed by atoms with Gasteiger partial charge in [0.2, 0.25) is 5.91 Å². The number of nitrogens with zero attached hydrogens (tertiary/aromatic N) is 2. The summed E-state index contributed by atoms with van der Waals surface area (Å²) in [6.07, 6.45) is 0.893. The molecule has 1 aliphatic rings. The summed E-state index contributed by atoms with van der Waals surface area (Å²) >= 11 is 0. The molecule has 0 unspecified atom stereocenters. The van der Waals surface area contributed by atoms with Crippen molar-refractivity contribution in [3.05, 3.63) is 65.9 Å². The highest BCUT2D eigenvalue weighted by Gasteiger charge is 2.23. The molecule has 3 aromatic rings. The Morgan fingerprint density at radius 1 is 1.07 bits per heavy atom. The fraction of sp³-hybridized carbons (Fsp3) is 0.273. The van der Waals surface area contributed by atoms with E-state index in [0.717, 1.165) is 30.8 Å². The third-order valence-corrected chi connectivity index (χ3v) is 5.02. The van der Waals surface area contributed by atoms with E-state index in [0.29, 0.717) is 13.1 Å². The highest BCUT2D eigenvalue weighted by molar-refractivity contribution is 5.78. The van der Waals surface area contributed by atoms with Crippen molar-refractivity contribution < 1.29 is 4.79 Å². The normalized spacial score (nSPS) is 14.0. The van der Waals surface area contributed by atoms with Crippen LogP contribution in [0, 0.1) is 0 Å². The average Bonchev–Trinajstić information content (AvgIpc) is 3.12. The molecule has 0 aliphatic carbocycles. The number of aromatic nitrogens is 2. The summed E-state index contributed by atoms with van der Waals surface area (Å²) in [5, 5.41) is 10.6. The molecule has 1 amide bonds. The maximum Gasteiger partial charge on any atom is 0.234 e. The molecule has 1 aliphatic heterocycles. The van der Waals surface area contributed by atoms with Crippen molar-refractivity contribution >= 4 is 5.91 Å². The molecule has 4 rings (SSSR count). The SMILES string of the molecule is CCNC(=O)CN1CCc2[nH]nc(-c3ccc(-c4ccccc4)cc3)c2C1. The molecule has 138 valence electrons. The predicted octanol–water partition coefficient (Wildman–Crippen LogP) is 3.24. The highest BCUT2D eigenvalue weighted by Crippen LogP contribution is 2.30. The topological polar surface area (TPSA) is 61.0 Å². The summed E-state index contributed by atoms with van der Waals surface area (Å²) in [6, 6.07) is 18.9. The maximum atomic E-state index is 11.9. The van der Waals surface area contributed by atoms with Crippen LogP contribution in [0.15, 0.2) is 54.6 Å². The van der Waals surface area contributed by atoms with E-state index < -0.39 is 0 Å². The van der Waals surface area contributed by atoms with E-state index in [9.17, 15) is 4.79 Å². The van der Waals surface area contributed by atoms with Crippen LogP contribution >= 0.6 is 0 Å². The summed E-state index contributed by atoms with van der Waals surface area (Å²) in [6.45, 7) is 4.67. The van der Waals surface area contributed by atoms with Gasteiger partial charge in [0, 0.05) is 42.9 Å². The van der Waals surface area contributed by atoms with Gasteiger partial charge in [0.15, 0.2) is 0 Å². The molecule has 5 nitrogen and oxygen atoms in total. The molecule has 0 bridgehead atoms. The molecule has 0 spiro atoms. The third kappa shape index (κ3) is 3.78. The van der Waals surface area contributed by atoms with E-state index in [1.165, 1.54) is 22.4 Å². The zero-order valence-corrected chi connectivity index (χ0v) is 15.5. The number of benzene rings is 2. The molecule has 1 aromatic heterocycles. The summed E-state index contributed by atoms with van der Waals surface area (Å²) in [7, 11) is 0. The first kappa shape index (κ1) is 17.5. The van der Waals surface area contributed by atoms with Crippen molar-refractivity contribution in [2.75, 3.05) is 19.6 Å². The first-order valence-electron chi connectivity index (χ1n) is 9.45. The van der Waals surface area contributed by atoms with Gasteiger partial charge < -0.3 is 5.32 Å². The van der Waals surface area contributed by atoms with Crippen molar-refractivity contribution in [2.45, 2.75) is 19.9 Å². The summed E-state index contributed by atoms with van der Waals surface area (Å²) in [5.74, 6) is 0.0817. The van der Waals surface area contributed by atoms with Gasteiger partial charge in [-0.2, -0.15) is 5.10 Å². The van der Waals surface area contributed by atoms with Crippen LogP contribution in [0.4, 0.5) is 0 Å². The number of hydrogen-bond donors (Lipinski definition) is 2. The van der Waals surface area contributed by atoms with Gasteiger partial charge in [-0.1, -0.05) is 54.6 Å². The minimum absolute atomic E-state index is 0.0817. The van der Waals surface area contributed by atoms with Crippen molar-refractivity contribution in [1.29, 1.82) is 0 Å². The van der Waals surface area contributed by atoms with Crippen LogP contribution in [0.25, 0.3) is 22.4 Å². The lowest BCUT2D eigenvalue weighted by molar-refractivity contribution is -0.122. The second-order valence-electron chi connectivity index (χ2n) is 6.89. The molecule has 2 aromatic carbocycles. The predicted molar refractivity (Wildman–Crippen MR) is 107 cm³/mol. The Hall–Kier alpha value is -2.92. The number of amides is 1. The van der Waals surface area contributed by atoms with Crippen LogP contribution in [0.5, 0.6) is 0 Å². The van der Waals surface area contributed by atoms with Crippen LogP contribution in [-0.2, 0) is 17.8 Å². The maximum absolute atomic E-state index is 11.9. The van der Waals surface area contributed by atoms with E-state index in [1.54, 1.807) is 0 Å². The molecule has 2 heterocycles. The number of H-pyrrole nitrogens is 1. The lowest BCUT2D eigenvalue weighted by Gasteiger charge is -2.26. The smallest absolute Gasteiger partial charge is 0.234 e. The molecule has 0 saturated heterocycles. The van der Waals surface area contributed by atoms with Crippen LogP contribution in [0.3, 0.4) is 0 Å². The Balaban J connectivity index is 1.54. The van der Waals surface area contributed by atoms with Gasteiger partial charge in [0.25, 0.3) is 0 Å². The zero-order chi connectivity index (χ0) is 18.6. The number of likely N-dealkylation sites (N-methyl/N-ethyl adjacent to an activating group) is 1. The van der Waals surface area contributed by atoms with Gasteiger partial charge in [-0.3, -0.25) is 14.8 Å². The lowest BCUT2D eigenvalue weighted by Crippen LogP contribution is -2.39. The minimum atomic E-state index is 0.0817.